The number of hydrogen-bond acceptors (Lipinski definition) is 3. The lowest BCUT2D eigenvalue weighted by molar-refractivity contribution is -0.0275. The minimum atomic E-state index is -0.464. The second-order valence-electron chi connectivity index (χ2n) is 10.8. The first-order valence-electron chi connectivity index (χ1n) is 13.8. The molecule has 2 fully saturated rings. The Bertz CT molecular complexity index is 1440. The molecule has 4 aromatic rings. The predicted molar refractivity (Wildman–Crippen MR) is 153 cm³/mol. The molecule has 7 heteroatoms. The number of nitrogens with one attached hydrogen (secondary N) is 1. The molecular formula is C32H32ClFN4O. The van der Waals surface area contributed by atoms with E-state index in [-0.39, 0.29) is 11.1 Å². The summed E-state index contributed by atoms with van der Waals surface area (Å²) in [5.41, 5.74) is 5.14. The molecule has 6 rings (SSSR count). The highest BCUT2D eigenvalue weighted by atomic mass is 35.5. The normalized spacial score (nSPS) is 18.0. The molecular weight excluding hydrogens is 511 g/mol. The lowest BCUT2D eigenvalue weighted by Crippen LogP contribution is -2.41. The second kappa shape index (κ2) is 11.5. The molecule has 1 saturated carbocycles. The first kappa shape index (κ1) is 26.0. The summed E-state index contributed by atoms with van der Waals surface area (Å²) in [7, 11) is 0. The fraction of sp³-hybridized carbons (Fsp3) is 0.375. The van der Waals surface area contributed by atoms with Crippen LogP contribution in [0.4, 0.5) is 10.1 Å². The van der Waals surface area contributed by atoms with E-state index in [1.807, 2.05) is 24.3 Å². The van der Waals surface area contributed by atoms with Crippen LogP contribution >= 0.6 is 11.6 Å². The van der Waals surface area contributed by atoms with Gasteiger partial charge >= 0.3 is 0 Å². The summed E-state index contributed by atoms with van der Waals surface area (Å²) >= 11 is 5.96. The maximum absolute atomic E-state index is 13.9. The molecule has 1 atom stereocenters. The van der Waals surface area contributed by atoms with Crippen molar-refractivity contribution in [2.45, 2.75) is 57.3 Å². The van der Waals surface area contributed by atoms with Crippen molar-refractivity contribution >= 4 is 28.3 Å². The van der Waals surface area contributed by atoms with E-state index >= 15 is 0 Å². The van der Waals surface area contributed by atoms with Crippen LogP contribution in [0.25, 0.3) is 27.0 Å². The van der Waals surface area contributed by atoms with Crippen LogP contribution in [0.1, 0.15) is 56.0 Å². The van der Waals surface area contributed by atoms with Crippen molar-refractivity contribution in [2.75, 3.05) is 13.1 Å². The van der Waals surface area contributed by atoms with Gasteiger partial charge in [0.05, 0.1) is 28.7 Å². The Labute approximate surface area is 233 Å². The van der Waals surface area contributed by atoms with E-state index in [2.05, 4.69) is 44.0 Å². The molecule has 1 unspecified atom stereocenters. The first-order valence-corrected chi connectivity index (χ1v) is 14.2. The number of hydrogen-bond donors (Lipinski definition) is 1. The lowest BCUT2D eigenvalue weighted by atomic mass is 9.86. The summed E-state index contributed by atoms with van der Waals surface area (Å²) in [6, 6.07) is 19.9. The first-order chi connectivity index (χ1) is 19.1. The molecule has 1 aliphatic carbocycles. The van der Waals surface area contributed by atoms with Crippen molar-refractivity contribution in [2.24, 2.45) is 5.92 Å². The number of H-pyrrole nitrogens is 1. The van der Waals surface area contributed by atoms with Gasteiger partial charge < -0.3 is 14.6 Å². The number of halogens is 2. The topological polar surface area (TPSA) is 45.5 Å². The Morgan fingerprint density at radius 3 is 2.54 bits per heavy atom. The van der Waals surface area contributed by atoms with Crippen LogP contribution < -0.4 is 0 Å². The second-order valence-corrected chi connectivity index (χ2v) is 11.2. The van der Waals surface area contributed by atoms with Gasteiger partial charge in [0.1, 0.15) is 18.2 Å². The Hall–Kier alpha value is -3.24. The summed E-state index contributed by atoms with van der Waals surface area (Å²) in [5, 5.41) is 0.0652. The van der Waals surface area contributed by atoms with Gasteiger partial charge in [-0.3, -0.25) is 0 Å². The summed E-state index contributed by atoms with van der Waals surface area (Å²) in [4.78, 5) is 14.0. The van der Waals surface area contributed by atoms with E-state index in [1.165, 1.54) is 31.7 Å². The van der Waals surface area contributed by atoms with Crippen molar-refractivity contribution in [3.63, 3.8) is 0 Å². The third-order valence-electron chi connectivity index (χ3n) is 8.36. The molecule has 2 heterocycles. The number of nitrogens with zero attached hydrogens (tertiary/aromatic N) is 3. The third-order valence-corrected chi connectivity index (χ3v) is 8.65. The van der Waals surface area contributed by atoms with E-state index in [0.717, 1.165) is 48.7 Å². The molecule has 1 saturated heterocycles. The summed E-state index contributed by atoms with van der Waals surface area (Å²) < 4.78 is 20.6. The number of imidazole rings is 1. The van der Waals surface area contributed by atoms with Crippen molar-refractivity contribution in [1.82, 2.24) is 14.9 Å². The summed E-state index contributed by atoms with van der Waals surface area (Å²) in [6.45, 7) is 9.84. The maximum atomic E-state index is 13.9. The average Bonchev–Trinajstić information content (AvgIpc) is 3.65. The van der Waals surface area contributed by atoms with Gasteiger partial charge in [-0.05, 0) is 73.5 Å². The van der Waals surface area contributed by atoms with Crippen molar-refractivity contribution in [3.8, 4) is 11.1 Å². The quantitative estimate of drug-likeness (QED) is 0.238. The van der Waals surface area contributed by atoms with Crippen LogP contribution in [-0.2, 0) is 11.3 Å². The van der Waals surface area contributed by atoms with Gasteiger partial charge in [-0.2, -0.15) is 0 Å². The fourth-order valence-corrected chi connectivity index (χ4v) is 6.43. The van der Waals surface area contributed by atoms with Gasteiger partial charge in [0.15, 0.2) is 5.69 Å². The van der Waals surface area contributed by atoms with Crippen LogP contribution in [-0.4, -0.2) is 34.0 Å². The molecule has 0 radical (unpaired) electrons. The van der Waals surface area contributed by atoms with Gasteiger partial charge in [0.2, 0.25) is 0 Å². The van der Waals surface area contributed by atoms with Crippen LogP contribution in [0.15, 0.2) is 60.7 Å². The number of likely N-dealkylation sites (tertiary alicyclic amines) is 1. The number of aromatic nitrogens is 2. The predicted octanol–water partition coefficient (Wildman–Crippen LogP) is 8.49. The zero-order chi connectivity index (χ0) is 26.8. The zero-order valence-corrected chi connectivity index (χ0v) is 22.6. The molecule has 200 valence electrons. The molecule has 1 aromatic heterocycles. The Morgan fingerprint density at radius 1 is 1.03 bits per heavy atom. The number of fused-ring (bicyclic) bond motifs is 1. The number of ether oxygens (including phenoxy) is 1. The third kappa shape index (κ3) is 5.72. The highest BCUT2D eigenvalue weighted by molar-refractivity contribution is 6.31. The van der Waals surface area contributed by atoms with Gasteiger partial charge in [-0.1, -0.05) is 66.9 Å². The highest BCUT2D eigenvalue weighted by Crippen LogP contribution is 2.37. The Morgan fingerprint density at radius 2 is 1.79 bits per heavy atom. The zero-order valence-electron chi connectivity index (χ0n) is 21.9. The molecule has 1 N–H and O–H groups in total. The molecule has 5 nitrogen and oxygen atoms in total. The standard InChI is InChI=1S/C32H32ClFN4O/c1-35-25-6-4-5-24(17-25)21-9-11-22(12-10-21)32(23-13-15-38(16-14-23)26-7-2-3-8-26)39-20-31-36-29-18-27(33)28(34)19-30(29)37-31/h4-6,9-12,17-19,23,26,32H,2-3,7-8,13-16,20H2,(H,36,37). The smallest absolute Gasteiger partial charge is 0.187 e. The van der Waals surface area contributed by atoms with Gasteiger partial charge in [-0.25, -0.2) is 14.2 Å². The largest absolute Gasteiger partial charge is 0.365 e. The van der Waals surface area contributed by atoms with Crippen molar-refractivity contribution < 1.29 is 9.13 Å². The van der Waals surface area contributed by atoms with E-state index < -0.39 is 5.82 Å². The monoisotopic (exact) mass is 542 g/mol. The minimum Gasteiger partial charge on any atom is -0.365 e. The van der Waals surface area contributed by atoms with Crippen molar-refractivity contribution in [1.29, 1.82) is 0 Å². The maximum Gasteiger partial charge on any atom is 0.187 e. The Kier molecular flexibility index (Phi) is 7.65. The average molecular weight is 543 g/mol. The molecule has 0 bridgehead atoms. The number of benzene rings is 3. The van der Waals surface area contributed by atoms with E-state index in [9.17, 15) is 4.39 Å². The molecule has 0 spiro atoms. The molecule has 39 heavy (non-hydrogen) atoms. The SMILES string of the molecule is [C-]#[N+]c1cccc(-c2ccc(C(OCc3nc4cc(Cl)c(F)cc4[nH]3)C3CCN(C4CCCC4)CC3)cc2)c1. The minimum absolute atomic E-state index is 0.0652. The fourth-order valence-electron chi connectivity index (χ4n) is 6.28. The van der Waals surface area contributed by atoms with E-state index in [4.69, 9.17) is 22.9 Å². The van der Waals surface area contributed by atoms with Crippen LogP contribution in [0.3, 0.4) is 0 Å². The van der Waals surface area contributed by atoms with Gasteiger partial charge in [-0.15, -0.1) is 0 Å². The molecule has 0 amide bonds. The van der Waals surface area contributed by atoms with Crippen LogP contribution in [0.2, 0.25) is 5.02 Å². The van der Waals surface area contributed by atoms with E-state index in [0.29, 0.717) is 35.1 Å². The summed E-state index contributed by atoms with van der Waals surface area (Å²) in [6.07, 6.45) is 7.48. The van der Waals surface area contributed by atoms with Crippen LogP contribution in [0, 0.1) is 18.3 Å². The number of aromatic amines is 1. The summed E-state index contributed by atoms with van der Waals surface area (Å²) in [5.74, 6) is 0.594. The van der Waals surface area contributed by atoms with Gasteiger partial charge in [0.25, 0.3) is 0 Å². The van der Waals surface area contributed by atoms with Crippen molar-refractivity contribution in [3.05, 3.63) is 94.3 Å². The molecule has 1 aliphatic heterocycles. The number of piperidine rings is 1. The molecule has 3 aromatic carbocycles. The Balaban J connectivity index is 1.22. The number of rotatable bonds is 7. The lowest BCUT2D eigenvalue weighted by Gasteiger charge is -2.39. The van der Waals surface area contributed by atoms with E-state index in [1.54, 1.807) is 6.07 Å². The molecule has 2 aliphatic rings. The highest BCUT2D eigenvalue weighted by Gasteiger charge is 2.32. The van der Waals surface area contributed by atoms with Gasteiger partial charge in [0, 0.05) is 12.1 Å². The van der Waals surface area contributed by atoms with Crippen LogP contribution in [0.5, 0.6) is 0 Å².